The maximum atomic E-state index is 13.3. The molecule has 0 unspecified atom stereocenters. The number of anilines is 1. The number of benzene rings is 2. The first-order valence-electron chi connectivity index (χ1n) is 6.07. The van der Waals surface area contributed by atoms with Crippen LogP contribution >= 0.6 is 0 Å². The molecule has 0 saturated heterocycles. The fraction of sp³-hybridized carbons (Fsp3) is 0.200. The van der Waals surface area contributed by atoms with Gasteiger partial charge < -0.3 is 15.2 Å². The van der Waals surface area contributed by atoms with Crippen LogP contribution in [0, 0.1) is 12.7 Å². The summed E-state index contributed by atoms with van der Waals surface area (Å²) in [5.74, 6) is 1.27. The van der Waals surface area contributed by atoms with Gasteiger partial charge in [-0.05, 0) is 37.6 Å². The number of hydrogen-bond donors (Lipinski definition) is 1. The van der Waals surface area contributed by atoms with Gasteiger partial charge >= 0.3 is 0 Å². The summed E-state index contributed by atoms with van der Waals surface area (Å²) in [4.78, 5) is 0. The monoisotopic (exact) mass is 261 g/mol. The SMILES string of the molecule is CCOc1ccccc1Oc1cc(C)c(F)cc1N. The molecule has 0 spiro atoms. The molecule has 100 valence electrons. The van der Waals surface area contributed by atoms with Crippen LogP contribution in [0.25, 0.3) is 0 Å². The van der Waals surface area contributed by atoms with Gasteiger partial charge in [-0.2, -0.15) is 0 Å². The van der Waals surface area contributed by atoms with Crippen molar-refractivity contribution in [3.63, 3.8) is 0 Å². The Kier molecular flexibility index (Phi) is 3.90. The molecule has 0 saturated carbocycles. The fourth-order valence-electron chi connectivity index (χ4n) is 1.69. The van der Waals surface area contributed by atoms with E-state index in [1.165, 1.54) is 6.07 Å². The van der Waals surface area contributed by atoms with E-state index in [1.54, 1.807) is 19.1 Å². The highest BCUT2D eigenvalue weighted by molar-refractivity contribution is 5.57. The molecule has 0 aliphatic carbocycles. The number of ether oxygens (including phenoxy) is 2. The molecular formula is C15H16FNO2. The number of hydrogen-bond acceptors (Lipinski definition) is 3. The van der Waals surface area contributed by atoms with Crippen molar-refractivity contribution in [1.82, 2.24) is 0 Å². The van der Waals surface area contributed by atoms with Crippen molar-refractivity contribution in [3.8, 4) is 17.2 Å². The maximum absolute atomic E-state index is 13.3. The second kappa shape index (κ2) is 5.61. The predicted octanol–water partition coefficient (Wildman–Crippen LogP) is 3.91. The summed E-state index contributed by atoms with van der Waals surface area (Å²) < 4.78 is 24.5. The number of nitrogen functional groups attached to an aromatic ring is 1. The average molecular weight is 261 g/mol. The normalized spacial score (nSPS) is 10.3. The Morgan fingerprint density at radius 2 is 1.79 bits per heavy atom. The van der Waals surface area contributed by atoms with E-state index in [-0.39, 0.29) is 11.5 Å². The molecule has 0 heterocycles. The third-order valence-electron chi connectivity index (χ3n) is 2.66. The largest absolute Gasteiger partial charge is 0.490 e. The third-order valence-corrected chi connectivity index (χ3v) is 2.66. The number of nitrogens with two attached hydrogens (primary N) is 1. The molecular weight excluding hydrogens is 245 g/mol. The Morgan fingerprint density at radius 3 is 2.47 bits per heavy atom. The first-order chi connectivity index (χ1) is 9.11. The zero-order chi connectivity index (χ0) is 13.8. The molecule has 2 aromatic rings. The van der Waals surface area contributed by atoms with Crippen LogP contribution in [0.2, 0.25) is 0 Å². The molecule has 0 aliphatic rings. The quantitative estimate of drug-likeness (QED) is 0.849. The van der Waals surface area contributed by atoms with E-state index >= 15 is 0 Å². The lowest BCUT2D eigenvalue weighted by Gasteiger charge is -2.13. The Balaban J connectivity index is 2.33. The van der Waals surface area contributed by atoms with Crippen LogP contribution in [0.5, 0.6) is 17.2 Å². The van der Waals surface area contributed by atoms with E-state index in [1.807, 2.05) is 25.1 Å². The number of aryl methyl sites for hydroxylation is 1. The van der Waals surface area contributed by atoms with Crippen LogP contribution in [0.15, 0.2) is 36.4 Å². The first-order valence-corrected chi connectivity index (χ1v) is 6.07. The Bertz CT molecular complexity index is 584. The van der Waals surface area contributed by atoms with Crippen molar-refractivity contribution in [3.05, 3.63) is 47.8 Å². The molecule has 0 amide bonds. The number of halogens is 1. The van der Waals surface area contributed by atoms with Gasteiger partial charge in [-0.15, -0.1) is 0 Å². The Morgan fingerprint density at radius 1 is 1.11 bits per heavy atom. The third kappa shape index (κ3) is 2.96. The minimum Gasteiger partial charge on any atom is -0.490 e. The molecule has 2 aromatic carbocycles. The van der Waals surface area contributed by atoms with Gasteiger partial charge in [0, 0.05) is 6.07 Å². The molecule has 0 bridgehead atoms. The van der Waals surface area contributed by atoms with E-state index in [4.69, 9.17) is 15.2 Å². The van der Waals surface area contributed by atoms with Crippen molar-refractivity contribution in [2.45, 2.75) is 13.8 Å². The Labute approximate surface area is 111 Å². The average Bonchev–Trinajstić information content (AvgIpc) is 2.38. The summed E-state index contributed by atoms with van der Waals surface area (Å²) in [5, 5.41) is 0. The van der Waals surface area contributed by atoms with Gasteiger partial charge in [0.05, 0.1) is 12.3 Å². The molecule has 19 heavy (non-hydrogen) atoms. The van der Waals surface area contributed by atoms with Gasteiger partial charge in [0.1, 0.15) is 5.82 Å². The van der Waals surface area contributed by atoms with E-state index in [0.717, 1.165) is 0 Å². The van der Waals surface area contributed by atoms with Crippen LogP contribution < -0.4 is 15.2 Å². The summed E-state index contributed by atoms with van der Waals surface area (Å²) >= 11 is 0. The van der Waals surface area contributed by atoms with Gasteiger partial charge in [-0.1, -0.05) is 12.1 Å². The highest BCUT2D eigenvalue weighted by atomic mass is 19.1. The van der Waals surface area contributed by atoms with E-state index in [0.29, 0.717) is 29.4 Å². The molecule has 0 aromatic heterocycles. The summed E-state index contributed by atoms with van der Waals surface area (Å²) in [6, 6.07) is 10.1. The smallest absolute Gasteiger partial charge is 0.169 e. The summed E-state index contributed by atoms with van der Waals surface area (Å²) in [5.41, 5.74) is 6.50. The molecule has 2 N–H and O–H groups in total. The van der Waals surface area contributed by atoms with Crippen LogP contribution in [0.3, 0.4) is 0 Å². The highest BCUT2D eigenvalue weighted by Crippen LogP contribution is 2.35. The van der Waals surface area contributed by atoms with E-state index < -0.39 is 0 Å². The highest BCUT2D eigenvalue weighted by Gasteiger charge is 2.10. The minimum atomic E-state index is -0.344. The predicted molar refractivity (Wildman–Crippen MR) is 73.2 cm³/mol. The summed E-state index contributed by atoms with van der Waals surface area (Å²) in [6.07, 6.45) is 0. The van der Waals surface area contributed by atoms with Crippen molar-refractivity contribution in [1.29, 1.82) is 0 Å². The lowest BCUT2D eigenvalue weighted by Crippen LogP contribution is -1.98. The zero-order valence-electron chi connectivity index (χ0n) is 10.9. The van der Waals surface area contributed by atoms with Crippen LogP contribution in [0.1, 0.15) is 12.5 Å². The molecule has 2 rings (SSSR count). The van der Waals surface area contributed by atoms with Crippen molar-refractivity contribution in [2.75, 3.05) is 12.3 Å². The van der Waals surface area contributed by atoms with Crippen LogP contribution in [0.4, 0.5) is 10.1 Å². The molecule has 0 atom stereocenters. The van der Waals surface area contributed by atoms with Crippen LogP contribution in [-0.4, -0.2) is 6.61 Å². The van der Waals surface area contributed by atoms with Crippen molar-refractivity contribution < 1.29 is 13.9 Å². The van der Waals surface area contributed by atoms with Gasteiger partial charge in [0.15, 0.2) is 17.2 Å². The summed E-state index contributed by atoms with van der Waals surface area (Å²) in [7, 11) is 0. The lowest BCUT2D eigenvalue weighted by molar-refractivity contribution is 0.321. The van der Waals surface area contributed by atoms with E-state index in [9.17, 15) is 4.39 Å². The number of rotatable bonds is 4. The van der Waals surface area contributed by atoms with Crippen molar-refractivity contribution in [2.24, 2.45) is 0 Å². The second-order valence-corrected chi connectivity index (χ2v) is 4.12. The minimum absolute atomic E-state index is 0.259. The standard InChI is InChI=1S/C15H16FNO2/c1-3-18-13-6-4-5-7-14(13)19-15-8-10(2)11(16)9-12(15)17/h4-9H,3,17H2,1-2H3. The fourth-order valence-corrected chi connectivity index (χ4v) is 1.69. The van der Waals surface area contributed by atoms with Gasteiger partial charge in [0.25, 0.3) is 0 Å². The molecule has 0 aliphatic heterocycles. The lowest BCUT2D eigenvalue weighted by atomic mass is 10.2. The Hall–Kier alpha value is -2.23. The van der Waals surface area contributed by atoms with Crippen LogP contribution in [-0.2, 0) is 0 Å². The number of para-hydroxylation sites is 2. The molecule has 0 fully saturated rings. The van der Waals surface area contributed by atoms with Gasteiger partial charge in [0.2, 0.25) is 0 Å². The molecule has 4 heteroatoms. The van der Waals surface area contributed by atoms with Crippen molar-refractivity contribution >= 4 is 5.69 Å². The summed E-state index contributed by atoms with van der Waals surface area (Å²) in [6.45, 7) is 4.10. The maximum Gasteiger partial charge on any atom is 0.169 e. The zero-order valence-corrected chi connectivity index (χ0v) is 10.9. The topological polar surface area (TPSA) is 44.5 Å². The van der Waals surface area contributed by atoms with E-state index in [2.05, 4.69) is 0 Å². The molecule has 0 radical (unpaired) electrons. The molecule has 3 nitrogen and oxygen atoms in total. The van der Waals surface area contributed by atoms with Gasteiger partial charge in [-0.3, -0.25) is 0 Å². The first kappa shape index (κ1) is 13.2. The second-order valence-electron chi connectivity index (χ2n) is 4.12. The van der Waals surface area contributed by atoms with Gasteiger partial charge in [-0.25, -0.2) is 4.39 Å².